The largest absolute Gasteiger partial charge is 0.481 e. The van der Waals surface area contributed by atoms with Crippen molar-refractivity contribution in [2.45, 2.75) is 25.6 Å². The number of aliphatic hydroxyl groups excluding tert-OH is 1. The number of nitrogens with two attached hydrogens (primary N) is 1. The number of hydrogen-bond acceptors (Lipinski definition) is 10. The molecule has 3 aromatic rings. The highest BCUT2D eigenvalue weighted by molar-refractivity contribution is 6.42. The molecule has 2 atom stereocenters. The first-order chi connectivity index (χ1) is 21.0. The van der Waals surface area contributed by atoms with Crippen LogP contribution in [0.2, 0.25) is 0 Å². The Bertz CT molecular complexity index is 1620. The number of aliphatic imine (C=N–C) groups is 1. The molecule has 0 fully saturated rings. The molecule has 2 aromatic heterocycles. The van der Waals surface area contributed by atoms with Crippen molar-refractivity contribution in [1.29, 1.82) is 0 Å². The van der Waals surface area contributed by atoms with Gasteiger partial charge in [-0.15, -0.1) is 0 Å². The number of carbonyl (C=O) groups is 2. The summed E-state index contributed by atoms with van der Waals surface area (Å²) in [4.78, 5) is 42.7. The van der Waals surface area contributed by atoms with Gasteiger partial charge in [0.25, 0.3) is 5.91 Å². The number of amides is 2. The molecule has 2 amide bonds. The predicted molar refractivity (Wildman–Crippen MR) is 171 cm³/mol. The van der Waals surface area contributed by atoms with E-state index in [2.05, 4.69) is 32.2 Å². The molecule has 13 heteroatoms. The quantitative estimate of drug-likeness (QED) is 0.224. The van der Waals surface area contributed by atoms with Crippen LogP contribution in [0, 0.1) is 0 Å². The smallest absolute Gasteiger partial charge is 0.255 e. The summed E-state index contributed by atoms with van der Waals surface area (Å²) < 4.78 is 5.11. The van der Waals surface area contributed by atoms with E-state index in [0.29, 0.717) is 40.0 Å². The van der Waals surface area contributed by atoms with Crippen LogP contribution in [0.15, 0.2) is 77.2 Å². The Morgan fingerprint density at radius 1 is 1.30 bits per heavy atom. The van der Waals surface area contributed by atoms with E-state index in [4.69, 9.17) is 22.1 Å². The second-order valence-electron chi connectivity index (χ2n) is 10.2. The number of rotatable bonds is 12. The maximum atomic E-state index is 13.4. The SMILES string of the molecule is C=C(N=C/C(Cl)=C(\N)c1ccc2c(c1)C(=O)N([C@H](C)C(=O)N[C@H](CO)c1cccc(N(C)C)n1)C2)Nc1ccnc(OC)c1. The minimum Gasteiger partial charge on any atom is -0.481 e. The molecular formula is C31H35ClN8O4. The predicted octanol–water partition coefficient (Wildman–Crippen LogP) is 3.27. The summed E-state index contributed by atoms with van der Waals surface area (Å²) in [7, 11) is 5.23. The average molecular weight is 619 g/mol. The molecule has 1 aromatic carbocycles. The molecule has 0 spiro atoms. The summed E-state index contributed by atoms with van der Waals surface area (Å²) in [6.07, 6.45) is 2.94. The number of benzene rings is 1. The van der Waals surface area contributed by atoms with Crippen LogP contribution < -0.4 is 26.0 Å². The van der Waals surface area contributed by atoms with E-state index >= 15 is 0 Å². The first kappa shape index (κ1) is 32.0. The third-order valence-electron chi connectivity index (χ3n) is 6.99. The number of halogens is 1. The molecule has 0 bridgehead atoms. The fourth-order valence-electron chi connectivity index (χ4n) is 4.47. The van der Waals surface area contributed by atoms with Gasteiger partial charge in [-0.05, 0) is 42.3 Å². The fraction of sp³-hybridized carbons (Fsp3) is 0.258. The van der Waals surface area contributed by atoms with Crippen molar-refractivity contribution in [3.63, 3.8) is 0 Å². The van der Waals surface area contributed by atoms with Gasteiger partial charge in [0.1, 0.15) is 17.7 Å². The lowest BCUT2D eigenvalue weighted by molar-refractivity contribution is -0.126. The number of fused-ring (bicyclic) bond motifs is 1. The first-order valence-electron chi connectivity index (χ1n) is 13.7. The van der Waals surface area contributed by atoms with Crippen LogP contribution in [0.5, 0.6) is 5.88 Å². The Morgan fingerprint density at radius 3 is 2.77 bits per heavy atom. The minimum atomic E-state index is -0.813. The van der Waals surface area contributed by atoms with Crippen molar-refractivity contribution >= 4 is 46.8 Å². The highest BCUT2D eigenvalue weighted by Crippen LogP contribution is 2.28. The Hall–Kier alpha value is -4.94. The highest BCUT2D eigenvalue weighted by atomic mass is 35.5. The molecule has 0 saturated heterocycles. The zero-order chi connectivity index (χ0) is 32.0. The highest BCUT2D eigenvalue weighted by Gasteiger charge is 2.35. The molecule has 0 aliphatic carbocycles. The summed E-state index contributed by atoms with van der Waals surface area (Å²) >= 11 is 6.44. The minimum absolute atomic E-state index is 0.150. The Balaban J connectivity index is 1.43. The van der Waals surface area contributed by atoms with Crippen LogP contribution >= 0.6 is 11.6 Å². The summed E-state index contributed by atoms with van der Waals surface area (Å²) in [5.74, 6) is 0.699. The molecule has 0 radical (unpaired) electrons. The number of nitrogens with one attached hydrogen (secondary N) is 2. The number of ether oxygens (including phenoxy) is 1. The van der Waals surface area contributed by atoms with Crippen molar-refractivity contribution in [3.8, 4) is 5.88 Å². The number of anilines is 2. The number of aromatic nitrogens is 2. The lowest BCUT2D eigenvalue weighted by atomic mass is 10.0. The molecule has 5 N–H and O–H groups in total. The summed E-state index contributed by atoms with van der Waals surface area (Å²) in [5, 5.41) is 16.0. The number of hydrogen-bond donors (Lipinski definition) is 4. The fourth-order valence-corrected chi connectivity index (χ4v) is 4.63. The summed E-state index contributed by atoms with van der Waals surface area (Å²) in [6, 6.07) is 12.4. The van der Waals surface area contributed by atoms with E-state index in [1.165, 1.54) is 18.2 Å². The summed E-state index contributed by atoms with van der Waals surface area (Å²) in [6.45, 7) is 5.40. The molecule has 12 nitrogen and oxygen atoms in total. The van der Waals surface area contributed by atoms with Gasteiger partial charge in [0, 0.05) is 50.4 Å². The number of allylic oxidation sites excluding steroid dienone is 1. The molecule has 1 aliphatic rings. The molecular weight excluding hydrogens is 584 g/mol. The van der Waals surface area contributed by atoms with Crippen molar-refractivity contribution < 1.29 is 19.4 Å². The Morgan fingerprint density at radius 2 is 2.07 bits per heavy atom. The zero-order valence-corrected chi connectivity index (χ0v) is 25.7. The molecule has 0 unspecified atom stereocenters. The van der Waals surface area contributed by atoms with Crippen molar-refractivity contribution in [1.82, 2.24) is 20.2 Å². The van der Waals surface area contributed by atoms with E-state index in [1.807, 2.05) is 25.1 Å². The number of carbonyl (C=O) groups excluding carboxylic acids is 2. The van der Waals surface area contributed by atoms with Crippen LogP contribution in [0.25, 0.3) is 5.70 Å². The van der Waals surface area contributed by atoms with Gasteiger partial charge in [0.05, 0.1) is 36.2 Å². The van der Waals surface area contributed by atoms with E-state index in [0.717, 1.165) is 5.56 Å². The number of pyridine rings is 2. The van der Waals surface area contributed by atoms with Crippen molar-refractivity contribution in [2.75, 3.05) is 38.0 Å². The first-order valence-corrected chi connectivity index (χ1v) is 14.0. The second kappa shape index (κ2) is 14.0. The third-order valence-corrected chi connectivity index (χ3v) is 7.29. The molecule has 3 heterocycles. The van der Waals surface area contributed by atoms with E-state index in [1.54, 1.807) is 55.6 Å². The number of aliphatic hydroxyl groups is 1. The lowest BCUT2D eigenvalue weighted by Crippen LogP contribution is -2.47. The lowest BCUT2D eigenvalue weighted by Gasteiger charge is -2.26. The Labute approximate surface area is 260 Å². The maximum absolute atomic E-state index is 13.4. The average Bonchev–Trinajstić information content (AvgIpc) is 3.36. The van der Waals surface area contributed by atoms with Gasteiger partial charge >= 0.3 is 0 Å². The van der Waals surface area contributed by atoms with E-state index in [9.17, 15) is 14.7 Å². The molecule has 44 heavy (non-hydrogen) atoms. The van der Waals surface area contributed by atoms with Crippen LogP contribution in [0.4, 0.5) is 11.5 Å². The van der Waals surface area contributed by atoms with Gasteiger partial charge in [-0.2, -0.15) is 0 Å². The van der Waals surface area contributed by atoms with Gasteiger partial charge in [0.15, 0.2) is 0 Å². The number of nitrogens with zero attached hydrogens (tertiary/aromatic N) is 5. The third kappa shape index (κ3) is 7.33. The summed E-state index contributed by atoms with van der Waals surface area (Å²) in [5.41, 5.74) is 9.41. The monoisotopic (exact) mass is 618 g/mol. The van der Waals surface area contributed by atoms with Crippen molar-refractivity contribution in [3.05, 3.63) is 94.5 Å². The Kier molecular flexibility index (Phi) is 10.2. The molecule has 230 valence electrons. The zero-order valence-electron chi connectivity index (χ0n) is 24.9. The van der Waals surface area contributed by atoms with Crippen LogP contribution in [-0.2, 0) is 11.3 Å². The van der Waals surface area contributed by atoms with E-state index in [-0.39, 0.29) is 29.8 Å². The van der Waals surface area contributed by atoms with Gasteiger partial charge in [0.2, 0.25) is 11.8 Å². The van der Waals surface area contributed by atoms with Gasteiger partial charge in [-0.25, -0.2) is 15.0 Å². The van der Waals surface area contributed by atoms with E-state index < -0.39 is 18.0 Å². The number of methoxy groups -OCH3 is 1. The molecule has 0 saturated carbocycles. The van der Waals surface area contributed by atoms with Gasteiger partial charge < -0.3 is 36.0 Å². The van der Waals surface area contributed by atoms with Crippen molar-refractivity contribution in [2.24, 2.45) is 10.7 Å². The second-order valence-corrected chi connectivity index (χ2v) is 10.6. The maximum Gasteiger partial charge on any atom is 0.255 e. The van der Waals surface area contributed by atoms with Gasteiger partial charge in [-0.1, -0.05) is 36.4 Å². The van der Waals surface area contributed by atoms with Crippen LogP contribution in [0.1, 0.15) is 40.1 Å². The molecule has 4 rings (SSSR count). The molecule has 1 aliphatic heterocycles. The normalized spacial score (nSPS) is 14.5. The topological polar surface area (TPSA) is 158 Å². The van der Waals surface area contributed by atoms with Gasteiger partial charge in [-0.3, -0.25) is 9.59 Å². The standard InChI is InChI=1S/C31H35ClN8O4/c1-18(30(42)38-26(17-41)25-7-6-8-27(37-25)39(3)4)40-16-21-10-9-20(13-23(21)31(40)43)29(33)24(32)15-35-19(2)36-22-11-12-34-28(14-22)44-5/h6-15,18,26,41H,2,16-17,33H2,1,3-5H3,(H,34,36)(H,38,42)/b29-24+,35-15?/t18-,26-/m1/s1. The van der Waals surface area contributed by atoms with Crippen LogP contribution in [-0.4, -0.2) is 71.9 Å². The van der Waals surface area contributed by atoms with Crippen LogP contribution in [0.3, 0.4) is 0 Å².